The van der Waals surface area contributed by atoms with Crippen molar-refractivity contribution < 1.29 is 19.8 Å². The highest BCUT2D eigenvalue weighted by Crippen LogP contribution is 2.62. The molecule has 0 radical (unpaired) electrons. The number of hydrogen-bond donors (Lipinski definition) is 2. The van der Waals surface area contributed by atoms with Crippen molar-refractivity contribution in [2.75, 3.05) is 13.2 Å². The van der Waals surface area contributed by atoms with Gasteiger partial charge in [-0.15, -0.1) is 0 Å². The fourth-order valence-electron chi connectivity index (χ4n) is 7.99. The molecule has 5 aliphatic carbocycles. The molecule has 0 aromatic rings. The molecule has 0 aromatic heterocycles. The third-order valence-corrected chi connectivity index (χ3v) is 10.8. The van der Waals surface area contributed by atoms with Gasteiger partial charge in [-0.25, -0.2) is 0 Å². The molecule has 5 aliphatic rings. The van der Waals surface area contributed by atoms with Crippen molar-refractivity contribution in [2.45, 2.75) is 79.1 Å². The molecule has 184 valence electrons. The molecule has 0 fully saturated rings. The summed E-state index contributed by atoms with van der Waals surface area (Å²) < 4.78 is 0. The van der Waals surface area contributed by atoms with E-state index in [-0.39, 0.29) is 41.5 Å². The van der Waals surface area contributed by atoms with Crippen LogP contribution in [0.2, 0.25) is 0 Å². The number of fused-ring (bicyclic) bond motifs is 2. The Labute approximate surface area is 203 Å². The standard InChI is InChI=1S/C30H40O4/c1-18-7-5-9-23-25(33)13-21(14-28(18,23)3)30(17-32)12-11-20(16-31)22-15-29(4)19(2)8-6-10-24(29)27(34)26(22)30/h9-10,13,18-20,31-32H,5-8,11-12,14-17H2,1-4H3/t18-,19-,20+,28+,29+,30+/m0/s1. The lowest BCUT2D eigenvalue weighted by molar-refractivity contribution is -0.117. The van der Waals surface area contributed by atoms with E-state index in [0.717, 1.165) is 60.8 Å². The second-order valence-corrected chi connectivity index (χ2v) is 12.3. The Bertz CT molecular complexity index is 1060. The van der Waals surface area contributed by atoms with E-state index in [2.05, 4.69) is 39.8 Å². The van der Waals surface area contributed by atoms with Crippen molar-refractivity contribution in [2.24, 2.45) is 34.0 Å². The number of allylic oxidation sites excluding steroid dienone is 5. The molecule has 2 N–H and O–H groups in total. The third kappa shape index (κ3) is 3.10. The molecule has 0 heterocycles. The van der Waals surface area contributed by atoms with Gasteiger partial charge in [-0.3, -0.25) is 9.59 Å². The van der Waals surface area contributed by atoms with E-state index in [1.165, 1.54) is 0 Å². The van der Waals surface area contributed by atoms with Crippen LogP contribution in [0.5, 0.6) is 0 Å². The summed E-state index contributed by atoms with van der Waals surface area (Å²) in [6, 6.07) is 0. The monoisotopic (exact) mass is 464 g/mol. The lowest BCUT2D eigenvalue weighted by Crippen LogP contribution is -2.49. The second-order valence-electron chi connectivity index (χ2n) is 12.3. The topological polar surface area (TPSA) is 74.6 Å². The van der Waals surface area contributed by atoms with Crippen molar-refractivity contribution in [3.63, 3.8) is 0 Å². The smallest absolute Gasteiger partial charge is 0.186 e. The lowest BCUT2D eigenvalue weighted by Gasteiger charge is -2.54. The van der Waals surface area contributed by atoms with Crippen LogP contribution in [0.15, 0.2) is 46.1 Å². The zero-order valence-electron chi connectivity index (χ0n) is 21.2. The van der Waals surface area contributed by atoms with E-state index < -0.39 is 5.41 Å². The first kappa shape index (κ1) is 23.9. The summed E-state index contributed by atoms with van der Waals surface area (Å²) in [4.78, 5) is 27.7. The number of hydrogen-bond acceptors (Lipinski definition) is 4. The van der Waals surface area contributed by atoms with Crippen LogP contribution in [0.4, 0.5) is 0 Å². The molecule has 0 amide bonds. The fraction of sp³-hybridized carbons (Fsp3) is 0.667. The van der Waals surface area contributed by atoms with E-state index in [0.29, 0.717) is 30.3 Å². The van der Waals surface area contributed by atoms with Gasteiger partial charge < -0.3 is 10.2 Å². The van der Waals surface area contributed by atoms with Gasteiger partial charge in [-0.05, 0) is 69.3 Å². The summed E-state index contributed by atoms with van der Waals surface area (Å²) in [5.74, 6) is 0.809. The summed E-state index contributed by atoms with van der Waals surface area (Å²) in [6.07, 6.45) is 12.7. The average molecular weight is 465 g/mol. The SMILES string of the molecule is C[C@H]1CCC=C2C(=O)C=C([C@]3(CO)CC[C@H](CO)C4=C3C(=O)C3=CCC[C@H](C)[C@@]3(C)C4)C[C@@]21C. The maximum Gasteiger partial charge on any atom is 0.186 e. The molecule has 0 aliphatic heterocycles. The highest BCUT2D eigenvalue weighted by atomic mass is 16.3. The Morgan fingerprint density at radius 1 is 0.912 bits per heavy atom. The highest BCUT2D eigenvalue weighted by Gasteiger charge is 2.56. The van der Waals surface area contributed by atoms with Gasteiger partial charge in [0.25, 0.3) is 0 Å². The van der Waals surface area contributed by atoms with Crippen LogP contribution in [0, 0.1) is 34.0 Å². The summed E-state index contributed by atoms with van der Waals surface area (Å²) in [6.45, 7) is 8.73. The van der Waals surface area contributed by atoms with Gasteiger partial charge in [0.15, 0.2) is 11.6 Å². The van der Waals surface area contributed by atoms with E-state index >= 15 is 0 Å². The van der Waals surface area contributed by atoms with Crippen LogP contribution in [0.3, 0.4) is 0 Å². The first-order valence-corrected chi connectivity index (χ1v) is 13.3. The van der Waals surface area contributed by atoms with Crippen LogP contribution in [-0.2, 0) is 9.59 Å². The van der Waals surface area contributed by atoms with Crippen LogP contribution in [0.25, 0.3) is 0 Å². The number of rotatable bonds is 3. The fourth-order valence-corrected chi connectivity index (χ4v) is 7.99. The Morgan fingerprint density at radius 3 is 2.15 bits per heavy atom. The number of carbonyl (C=O) groups excluding carboxylic acids is 2. The zero-order chi connectivity index (χ0) is 24.5. The molecular formula is C30H40O4. The van der Waals surface area contributed by atoms with Crippen molar-refractivity contribution in [1.82, 2.24) is 0 Å². The van der Waals surface area contributed by atoms with Crippen LogP contribution in [-0.4, -0.2) is 35.0 Å². The normalized spacial score (nSPS) is 42.3. The van der Waals surface area contributed by atoms with E-state index in [4.69, 9.17) is 0 Å². The predicted octanol–water partition coefficient (Wildman–Crippen LogP) is 5.26. The molecule has 0 unspecified atom stereocenters. The molecule has 0 aromatic carbocycles. The molecule has 6 atom stereocenters. The summed E-state index contributed by atoms with van der Waals surface area (Å²) >= 11 is 0. The van der Waals surface area contributed by atoms with E-state index in [9.17, 15) is 19.8 Å². The highest BCUT2D eigenvalue weighted by molar-refractivity contribution is 6.13. The summed E-state index contributed by atoms with van der Waals surface area (Å²) in [5.41, 5.74) is 3.16. The van der Waals surface area contributed by atoms with Gasteiger partial charge in [0.1, 0.15) is 0 Å². The van der Waals surface area contributed by atoms with Crippen molar-refractivity contribution in [3.8, 4) is 0 Å². The molecule has 5 rings (SSSR count). The van der Waals surface area contributed by atoms with Crippen LogP contribution >= 0.6 is 0 Å². The number of aliphatic hydroxyl groups excluding tert-OH is 2. The Kier molecular flexibility index (Phi) is 5.72. The van der Waals surface area contributed by atoms with Gasteiger partial charge in [0, 0.05) is 45.5 Å². The van der Waals surface area contributed by atoms with Crippen LogP contribution < -0.4 is 0 Å². The van der Waals surface area contributed by atoms with E-state index in [1.54, 1.807) is 6.08 Å². The second kappa shape index (κ2) is 8.13. The van der Waals surface area contributed by atoms with Gasteiger partial charge >= 0.3 is 0 Å². The van der Waals surface area contributed by atoms with Crippen molar-refractivity contribution >= 4 is 11.6 Å². The first-order valence-electron chi connectivity index (χ1n) is 13.3. The maximum atomic E-state index is 14.3. The van der Waals surface area contributed by atoms with Crippen LogP contribution in [0.1, 0.15) is 79.1 Å². The first-order chi connectivity index (χ1) is 16.1. The minimum Gasteiger partial charge on any atom is -0.396 e. The van der Waals surface area contributed by atoms with Gasteiger partial charge in [0.05, 0.1) is 6.61 Å². The number of Topliss-reactive ketones (excluding diaryl/α,β-unsaturated/α-hetero) is 1. The summed E-state index contributed by atoms with van der Waals surface area (Å²) in [7, 11) is 0. The predicted molar refractivity (Wildman–Crippen MR) is 133 cm³/mol. The minimum atomic E-state index is -0.831. The number of ketones is 2. The van der Waals surface area contributed by atoms with Gasteiger partial charge in [-0.2, -0.15) is 0 Å². The quantitative estimate of drug-likeness (QED) is 0.597. The third-order valence-electron chi connectivity index (χ3n) is 10.8. The molecule has 4 nitrogen and oxygen atoms in total. The van der Waals surface area contributed by atoms with E-state index in [1.807, 2.05) is 0 Å². The average Bonchev–Trinajstić information content (AvgIpc) is 2.80. The molecule has 34 heavy (non-hydrogen) atoms. The molecule has 0 saturated heterocycles. The van der Waals surface area contributed by atoms with Gasteiger partial charge in [-0.1, -0.05) is 51.0 Å². The Balaban J connectivity index is 1.70. The largest absolute Gasteiger partial charge is 0.396 e. The van der Waals surface area contributed by atoms with Crippen molar-refractivity contribution in [3.05, 3.63) is 46.1 Å². The Hall–Kier alpha value is -1.78. The molecule has 4 heteroatoms. The molecular weight excluding hydrogens is 424 g/mol. The lowest BCUT2D eigenvalue weighted by atomic mass is 9.49. The minimum absolute atomic E-state index is 0.0245. The Morgan fingerprint density at radius 2 is 1.53 bits per heavy atom. The maximum absolute atomic E-state index is 14.3. The molecule has 0 saturated carbocycles. The summed E-state index contributed by atoms with van der Waals surface area (Å²) in [5, 5.41) is 21.3. The zero-order valence-corrected chi connectivity index (χ0v) is 21.2. The van der Waals surface area contributed by atoms with Gasteiger partial charge in [0.2, 0.25) is 0 Å². The molecule has 0 spiro atoms. The molecule has 0 bridgehead atoms. The van der Waals surface area contributed by atoms with Crippen molar-refractivity contribution in [1.29, 1.82) is 0 Å². The number of carbonyl (C=O) groups is 2. The number of aliphatic hydroxyl groups is 2.